The molecule has 11 nitrogen and oxygen atoms in total. The van der Waals surface area contributed by atoms with Crippen LogP contribution in [0.2, 0.25) is 0 Å². The number of aliphatic hydroxyl groups excluding tert-OH is 3. The van der Waals surface area contributed by atoms with Crippen LogP contribution in [0, 0.1) is 0 Å². The standard InChI is InChI=1S/C19H22N6O5/c20-16-13-17(25(9-21-13)18-15(29)14(28)11(8-26)30-18)24-19(23-16)22-12(27)7-6-10-4-2-1-3-5-10/h1-5,9,11,14-15,18,26,28-29H,6-8H2,(H3,20,22,23,24,27)/t11-,14-,15-,18-/m1/s1. The van der Waals surface area contributed by atoms with Gasteiger partial charge in [0, 0.05) is 6.42 Å². The van der Waals surface area contributed by atoms with Crippen molar-refractivity contribution >= 4 is 28.8 Å². The van der Waals surface area contributed by atoms with Gasteiger partial charge in [-0.3, -0.25) is 14.7 Å². The van der Waals surface area contributed by atoms with Crippen molar-refractivity contribution in [1.82, 2.24) is 19.5 Å². The predicted molar refractivity (Wildman–Crippen MR) is 106 cm³/mol. The first kappa shape index (κ1) is 20.2. The molecule has 158 valence electrons. The summed E-state index contributed by atoms with van der Waals surface area (Å²) in [5, 5.41) is 32.2. The Hall–Kier alpha value is -3.12. The molecule has 1 amide bonds. The Kier molecular flexibility index (Phi) is 5.59. The minimum absolute atomic E-state index is 0.00782. The zero-order valence-electron chi connectivity index (χ0n) is 15.9. The van der Waals surface area contributed by atoms with Crippen LogP contribution < -0.4 is 11.1 Å². The topological polar surface area (TPSA) is 169 Å². The van der Waals surface area contributed by atoms with E-state index >= 15 is 0 Å². The van der Waals surface area contributed by atoms with E-state index in [1.807, 2.05) is 30.3 Å². The Balaban J connectivity index is 1.54. The van der Waals surface area contributed by atoms with Crippen LogP contribution in [-0.2, 0) is 16.0 Å². The number of nitrogens with one attached hydrogen (secondary N) is 1. The van der Waals surface area contributed by atoms with Crippen LogP contribution in [0.25, 0.3) is 11.2 Å². The first-order valence-corrected chi connectivity index (χ1v) is 9.44. The quantitative estimate of drug-likeness (QED) is 0.360. The molecule has 1 saturated heterocycles. The largest absolute Gasteiger partial charge is 0.394 e. The number of hydrogen-bond acceptors (Lipinski definition) is 9. The molecule has 4 atom stereocenters. The number of amides is 1. The van der Waals surface area contributed by atoms with Crippen molar-refractivity contribution in [2.24, 2.45) is 0 Å². The lowest BCUT2D eigenvalue weighted by Gasteiger charge is -2.16. The zero-order chi connectivity index (χ0) is 21.3. The van der Waals surface area contributed by atoms with E-state index in [4.69, 9.17) is 10.5 Å². The highest BCUT2D eigenvalue weighted by molar-refractivity contribution is 5.91. The number of nitrogens with two attached hydrogens (primary N) is 1. The van der Waals surface area contributed by atoms with Crippen molar-refractivity contribution in [2.75, 3.05) is 17.7 Å². The highest BCUT2D eigenvalue weighted by Gasteiger charge is 2.44. The van der Waals surface area contributed by atoms with Crippen LogP contribution in [0.3, 0.4) is 0 Å². The van der Waals surface area contributed by atoms with Crippen molar-refractivity contribution in [3.8, 4) is 0 Å². The minimum atomic E-state index is -1.31. The maximum Gasteiger partial charge on any atom is 0.233 e. The second kappa shape index (κ2) is 8.32. The number of carbonyl (C=O) groups excluding carboxylic acids is 1. The Labute approximate surface area is 171 Å². The Bertz CT molecular complexity index is 1040. The monoisotopic (exact) mass is 414 g/mol. The molecule has 30 heavy (non-hydrogen) atoms. The third-order valence-electron chi connectivity index (χ3n) is 4.97. The molecule has 3 heterocycles. The van der Waals surface area contributed by atoms with Crippen molar-refractivity contribution in [2.45, 2.75) is 37.4 Å². The van der Waals surface area contributed by atoms with Gasteiger partial charge in [-0.25, -0.2) is 4.98 Å². The highest BCUT2D eigenvalue weighted by atomic mass is 16.6. The number of aryl methyl sites for hydroxylation is 1. The van der Waals surface area contributed by atoms with Crippen molar-refractivity contribution in [1.29, 1.82) is 0 Å². The average Bonchev–Trinajstić information content (AvgIpc) is 3.29. The first-order valence-electron chi connectivity index (χ1n) is 9.44. The molecule has 0 saturated carbocycles. The lowest BCUT2D eigenvalue weighted by molar-refractivity contribution is -0.116. The van der Waals surface area contributed by atoms with Gasteiger partial charge in [0.2, 0.25) is 11.9 Å². The molecule has 0 aliphatic carbocycles. The van der Waals surface area contributed by atoms with Gasteiger partial charge < -0.3 is 25.8 Å². The smallest absolute Gasteiger partial charge is 0.233 e. The van der Waals surface area contributed by atoms with Crippen LogP contribution in [-0.4, -0.2) is 65.7 Å². The second-order valence-corrected chi connectivity index (χ2v) is 7.02. The fraction of sp³-hybridized carbons (Fsp3) is 0.368. The molecule has 0 spiro atoms. The van der Waals surface area contributed by atoms with Gasteiger partial charge in [-0.15, -0.1) is 0 Å². The molecule has 1 aromatic carbocycles. The summed E-state index contributed by atoms with van der Waals surface area (Å²) in [6, 6.07) is 9.60. The maximum absolute atomic E-state index is 12.3. The summed E-state index contributed by atoms with van der Waals surface area (Å²) in [6.07, 6.45) is -2.41. The first-order chi connectivity index (χ1) is 14.5. The molecule has 0 unspecified atom stereocenters. The lowest BCUT2D eigenvalue weighted by Crippen LogP contribution is -2.33. The lowest BCUT2D eigenvalue weighted by atomic mass is 10.1. The fourth-order valence-electron chi connectivity index (χ4n) is 3.38. The Morgan fingerprint density at radius 1 is 1.20 bits per heavy atom. The SMILES string of the molecule is Nc1nc(NC(=O)CCc2ccccc2)nc2c1ncn2[C@@H]1O[C@H](CO)[C@@H](O)[C@H]1O. The van der Waals surface area contributed by atoms with Crippen LogP contribution in [0.5, 0.6) is 0 Å². The number of anilines is 2. The minimum Gasteiger partial charge on any atom is -0.394 e. The average molecular weight is 414 g/mol. The molecule has 4 rings (SSSR count). The van der Waals surface area contributed by atoms with Gasteiger partial charge in [-0.05, 0) is 12.0 Å². The normalized spacial score (nSPS) is 23.7. The van der Waals surface area contributed by atoms with Gasteiger partial charge in [0.25, 0.3) is 0 Å². The van der Waals surface area contributed by atoms with E-state index in [9.17, 15) is 20.1 Å². The van der Waals surface area contributed by atoms with E-state index in [1.165, 1.54) is 10.9 Å². The summed E-state index contributed by atoms with van der Waals surface area (Å²) in [4.78, 5) is 24.8. The van der Waals surface area contributed by atoms with Gasteiger partial charge in [0.1, 0.15) is 23.8 Å². The summed E-state index contributed by atoms with van der Waals surface area (Å²) < 4.78 is 6.91. The van der Waals surface area contributed by atoms with E-state index in [-0.39, 0.29) is 35.3 Å². The fourth-order valence-corrected chi connectivity index (χ4v) is 3.38. The number of aliphatic hydroxyl groups is 3. The molecular weight excluding hydrogens is 392 g/mol. The van der Waals surface area contributed by atoms with E-state index < -0.39 is 31.1 Å². The molecule has 11 heteroatoms. The van der Waals surface area contributed by atoms with Crippen LogP contribution in [0.15, 0.2) is 36.7 Å². The van der Waals surface area contributed by atoms with Gasteiger partial charge in [0.15, 0.2) is 17.7 Å². The number of nitrogen functional groups attached to an aromatic ring is 1. The Morgan fingerprint density at radius 3 is 2.67 bits per heavy atom. The number of carbonyl (C=O) groups is 1. The van der Waals surface area contributed by atoms with Crippen LogP contribution >= 0.6 is 0 Å². The van der Waals surface area contributed by atoms with E-state index in [1.54, 1.807) is 0 Å². The number of nitrogens with zero attached hydrogens (tertiary/aromatic N) is 4. The molecule has 6 N–H and O–H groups in total. The molecule has 0 radical (unpaired) electrons. The zero-order valence-corrected chi connectivity index (χ0v) is 15.9. The Morgan fingerprint density at radius 2 is 1.97 bits per heavy atom. The van der Waals surface area contributed by atoms with Gasteiger partial charge in [-0.2, -0.15) is 9.97 Å². The molecule has 1 aliphatic heterocycles. The molecule has 2 aromatic heterocycles. The number of aromatic nitrogens is 4. The van der Waals surface area contributed by atoms with Gasteiger partial charge >= 0.3 is 0 Å². The number of hydrogen-bond donors (Lipinski definition) is 5. The summed E-state index contributed by atoms with van der Waals surface area (Å²) in [6.45, 7) is -0.457. The maximum atomic E-state index is 12.3. The summed E-state index contributed by atoms with van der Waals surface area (Å²) >= 11 is 0. The van der Waals surface area contributed by atoms with E-state index in [2.05, 4.69) is 20.3 Å². The van der Waals surface area contributed by atoms with Crippen molar-refractivity contribution in [3.63, 3.8) is 0 Å². The van der Waals surface area contributed by atoms with Gasteiger partial charge in [-0.1, -0.05) is 30.3 Å². The molecule has 0 bridgehead atoms. The van der Waals surface area contributed by atoms with Crippen LogP contribution in [0.1, 0.15) is 18.2 Å². The third kappa shape index (κ3) is 3.83. The van der Waals surface area contributed by atoms with E-state index in [0.717, 1.165) is 5.56 Å². The predicted octanol–water partition coefficient (Wildman–Crippen LogP) is -0.409. The van der Waals surface area contributed by atoms with Crippen molar-refractivity contribution in [3.05, 3.63) is 42.2 Å². The summed E-state index contributed by atoms with van der Waals surface area (Å²) in [7, 11) is 0. The van der Waals surface area contributed by atoms with E-state index in [0.29, 0.717) is 6.42 Å². The summed E-state index contributed by atoms with van der Waals surface area (Å²) in [5.74, 6) is -0.244. The molecule has 3 aromatic rings. The molecule has 1 aliphatic rings. The van der Waals surface area contributed by atoms with Gasteiger partial charge in [0.05, 0.1) is 12.9 Å². The number of benzene rings is 1. The number of rotatable bonds is 6. The number of imidazole rings is 1. The highest BCUT2D eigenvalue weighted by Crippen LogP contribution is 2.32. The molecular formula is C19H22N6O5. The number of ether oxygens (including phenoxy) is 1. The second-order valence-electron chi connectivity index (χ2n) is 7.02. The van der Waals surface area contributed by atoms with Crippen molar-refractivity contribution < 1.29 is 24.9 Å². The third-order valence-corrected chi connectivity index (χ3v) is 4.97. The molecule has 1 fully saturated rings. The summed E-state index contributed by atoms with van der Waals surface area (Å²) in [5.41, 5.74) is 7.47. The van der Waals surface area contributed by atoms with Crippen LogP contribution in [0.4, 0.5) is 11.8 Å². The number of fused-ring (bicyclic) bond motifs is 1.